The largest absolute Gasteiger partial charge is 0.243 e. The van der Waals surface area contributed by atoms with Crippen LogP contribution in [0.4, 0.5) is 0 Å². The van der Waals surface area contributed by atoms with E-state index in [0.717, 1.165) is 16.3 Å². The SMILES string of the molecule is Cc1ccc2c(C#N)cnc(Cl)c2c1. The number of aromatic nitrogens is 1. The lowest BCUT2D eigenvalue weighted by molar-refractivity contribution is 1.33. The summed E-state index contributed by atoms with van der Waals surface area (Å²) < 4.78 is 0. The van der Waals surface area contributed by atoms with E-state index in [-0.39, 0.29) is 0 Å². The van der Waals surface area contributed by atoms with Crippen molar-refractivity contribution in [3.63, 3.8) is 0 Å². The smallest absolute Gasteiger partial charge is 0.136 e. The molecular formula is C11H7ClN2. The third-order valence-electron chi connectivity index (χ3n) is 2.11. The Morgan fingerprint density at radius 3 is 2.86 bits per heavy atom. The molecule has 0 saturated heterocycles. The zero-order valence-corrected chi connectivity index (χ0v) is 8.34. The molecule has 1 heterocycles. The second-order valence-electron chi connectivity index (χ2n) is 3.12. The maximum Gasteiger partial charge on any atom is 0.136 e. The van der Waals surface area contributed by atoms with Gasteiger partial charge in [-0.2, -0.15) is 5.26 Å². The molecule has 0 fully saturated rings. The molecule has 0 spiro atoms. The fourth-order valence-electron chi connectivity index (χ4n) is 1.41. The quantitative estimate of drug-likeness (QED) is 0.616. The highest BCUT2D eigenvalue weighted by atomic mass is 35.5. The molecule has 0 amide bonds. The molecule has 3 heteroatoms. The van der Waals surface area contributed by atoms with Crippen LogP contribution < -0.4 is 0 Å². The minimum Gasteiger partial charge on any atom is -0.243 e. The van der Waals surface area contributed by atoms with Gasteiger partial charge in [0.05, 0.1) is 5.56 Å². The van der Waals surface area contributed by atoms with Crippen LogP contribution in [0.25, 0.3) is 10.8 Å². The summed E-state index contributed by atoms with van der Waals surface area (Å²) in [5.74, 6) is 0. The van der Waals surface area contributed by atoms with E-state index in [2.05, 4.69) is 11.1 Å². The van der Waals surface area contributed by atoms with Crippen molar-refractivity contribution in [3.05, 3.63) is 40.7 Å². The minimum atomic E-state index is 0.447. The van der Waals surface area contributed by atoms with Crippen LogP contribution in [-0.2, 0) is 0 Å². The number of nitriles is 1. The molecule has 0 unspecified atom stereocenters. The fraction of sp³-hybridized carbons (Fsp3) is 0.0909. The van der Waals surface area contributed by atoms with Crippen molar-refractivity contribution in [1.82, 2.24) is 4.98 Å². The third-order valence-corrected chi connectivity index (χ3v) is 2.42. The average Bonchev–Trinajstić information content (AvgIpc) is 2.19. The second kappa shape index (κ2) is 3.28. The normalized spacial score (nSPS) is 10.1. The van der Waals surface area contributed by atoms with E-state index in [1.54, 1.807) is 0 Å². The molecule has 0 aliphatic rings. The number of hydrogen-bond donors (Lipinski definition) is 0. The molecule has 0 atom stereocenters. The summed E-state index contributed by atoms with van der Waals surface area (Å²) in [7, 11) is 0. The van der Waals surface area contributed by atoms with Gasteiger partial charge in [0.2, 0.25) is 0 Å². The Labute approximate surface area is 86.8 Å². The summed E-state index contributed by atoms with van der Waals surface area (Å²) in [4.78, 5) is 3.96. The fourth-order valence-corrected chi connectivity index (χ4v) is 1.62. The molecule has 68 valence electrons. The predicted molar refractivity (Wildman–Crippen MR) is 56.2 cm³/mol. The third kappa shape index (κ3) is 1.32. The van der Waals surface area contributed by atoms with E-state index in [4.69, 9.17) is 16.9 Å². The van der Waals surface area contributed by atoms with Gasteiger partial charge in [0.15, 0.2) is 0 Å². The van der Waals surface area contributed by atoms with Gasteiger partial charge in [-0.25, -0.2) is 4.98 Å². The highest BCUT2D eigenvalue weighted by molar-refractivity contribution is 6.34. The van der Waals surface area contributed by atoms with Crippen LogP contribution in [-0.4, -0.2) is 4.98 Å². The topological polar surface area (TPSA) is 36.7 Å². The number of halogens is 1. The molecule has 14 heavy (non-hydrogen) atoms. The van der Waals surface area contributed by atoms with Gasteiger partial charge in [-0.05, 0) is 13.0 Å². The Balaban J connectivity index is 2.93. The van der Waals surface area contributed by atoms with Crippen LogP contribution in [0.2, 0.25) is 5.15 Å². The summed E-state index contributed by atoms with van der Waals surface area (Å²) in [6, 6.07) is 7.89. The second-order valence-corrected chi connectivity index (χ2v) is 3.48. The maximum absolute atomic E-state index is 8.86. The lowest BCUT2D eigenvalue weighted by atomic mass is 10.1. The Kier molecular flexibility index (Phi) is 2.11. The number of fused-ring (bicyclic) bond motifs is 1. The van der Waals surface area contributed by atoms with Gasteiger partial charge in [-0.1, -0.05) is 29.3 Å². The highest BCUT2D eigenvalue weighted by Crippen LogP contribution is 2.24. The van der Waals surface area contributed by atoms with Crippen molar-refractivity contribution in [2.24, 2.45) is 0 Å². The highest BCUT2D eigenvalue weighted by Gasteiger charge is 2.04. The molecule has 2 rings (SSSR count). The molecule has 0 aliphatic carbocycles. The zero-order chi connectivity index (χ0) is 10.1. The van der Waals surface area contributed by atoms with E-state index < -0.39 is 0 Å². The van der Waals surface area contributed by atoms with Crippen LogP contribution in [0.15, 0.2) is 24.4 Å². The Morgan fingerprint density at radius 2 is 2.14 bits per heavy atom. The molecule has 2 aromatic rings. The number of hydrogen-bond acceptors (Lipinski definition) is 2. The van der Waals surface area contributed by atoms with Crippen molar-refractivity contribution < 1.29 is 0 Å². The number of aryl methyl sites for hydroxylation is 1. The van der Waals surface area contributed by atoms with Gasteiger partial charge in [0.25, 0.3) is 0 Å². The monoisotopic (exact) mass is 202 g/mol. The van der Waals surface area contributed by atoms with E-state index in [1.807, 2.05) is 25.1 Å². The molecule has 0 aliphatic heterocycles. The first-order valence-corrected chi connectivity index (χ1v) is 4.55. The lowest BCUT2D eigenvalue weighted by Crippen LogP contribution is -1.85. The Morgan fingerprint density at radius 1 is 1.36 bits per heavy atom. The number of pyridine rings is 1. The summed E-state index contributed by atoms with van der Waals surface area (Å²) in [6.45, 7) is 1.98. The average molecular weight is 203 g/mol. The van der Waals surface area contributed by atoms with Crippen LogP contribution >= 0.6 is 11.6 Å². The lowest BCUT2D eigenvalue weighted by Gasteiger charge is -2.02. The van der Waals surface area contributed by atoms with Gasteiger partial charge in [0, 0.05) is 17.0 Å². The molecule has 0 bridgehead atoms. The number of rotatable bonds is 0. The summed E-state index contributed by atoms with van der Waals surface area (Å²) in [5.41, 5.74) is 1.67. The summed E-state index contributed by atoms with van der Waals surface area (Å²) in [6.07, 6.45) is 1.50. The Hall–Kier alpha value is -1.59. The first-order valence-electron chi connectivity index (χ1n) is 4.17. The zero-order valence-electron chi connectivity index (χ0n) is 7.58. The van der Waals surface area contributed by atoms with Gasteiger partial charge in [-0.3, -0.25) is 0 Å². The molecule has 1 aromatic heterocycles. The summed E-state index contributed by atoms with van der Waals surface area (Å²) >= 11 is 5.94. The molecule has 0 N–H and O–H groups in total. The molecule has 1 aromatic carbocycles. The molecule has 0 radical (unpaired) electrons. The molecular weight excluding hydrogens is 196 g/mol. The standard InChI is InChI=1S/C11H7ClN2/c1-7-2-3-9-8(5-13)6-14-11(12)10(9)4-7/h2-4,6H,1H3. The molecule has 0 saturated carbocycles. The van der Waals surface area contributed by atoms with Crippen molar-refractivity contribution in [1.29, 1.82) is 5.26 Å². The maximum atomic E-state index is 8.86. The number of nitrogens with zero attached hydrogens (tertiary/aromatic N) is 2. The van der Waals surface area contributed by atoms with Gasteiger partial charge < -0.3 is 0 Å². The first kappa shape index (κ1) is 8.98. The van der Waals surface area contributed by atoms with Crippen LogP contribution in [0.3, 0.4) is 0 Å². The number of benzene rings is 1. The van der Waals surface area contributed by atoms with Gasteiger partial charge >= 0.3 is 0 Å². The van der Waals surface area contributed by atoms with Crippen LogP contribution in [0.5, 0.6) is 0 Å². The minimum absolute atomic E-state index is 0.447. The van der Waals surface area contributed by atoms with Crippen LogP contribution in [0.1, 0.15) is 11.1 Å². The van der Waals surface area contributed by atoms with E-state index in [9.17, 15) is 0 Å². The summed E-state index contributed by atoms with van der Waals surface area (Å²) in [5, 5.41) is 11.0. The van der Waals surface area contributed by atoms with Crippen molar-refractivity contribution >= 4 is 22.4 Å². The van der Waals surface area contributed by atoms with Gasteiger partial charge in [-0.15, -0.1) is 0 Å². The van der Waals surface area contributed by atoms with Crippen molar-refractivity contribution in [3.8, 4) is 6.07 Å². The van der Waals surface area contributed by atoms with E-state index in [0.29, 0.717) is 10.7 Å². The first-order chi connectivity index (χ1) is 6.72. The molecule has 2 nitrogen and oxygen atoms in total. The van der Waals surface area contributed by atoms with Crippen molar-refractivity contribution in [2.75, 3.05) is 0 Å². The Bertz CT molecular complexity index is 541. The van der Waals surface area contributed by atoms with Gasteiger partial charge in [0.1, 0.15) is 11.2 Å². The van der Waals surface area contributed by atoms with Crippen LogP contribution in [0, 0.1) is 18.3 Å². The van der Waals surface area contributed by atoms with Crippen molar-refractivity contribution in [2.45, 2.75) is 6.92 Å². The van der Waals surface area contributed by atoms with E-state index >= 15 is 0 Å². The van der Waals surface area contributed by atoms with E-state index in [1.165, 1.54) is 6.20 Å². The predicted octanol–water partition coefficient (Wildman–Crippen LogP) is 3.07.